The number of hydrogen-bond acceptors (Lipinski definition) is 3. The Morgan fingerprint density at radius 3 is 2.33 bits per heavy atom. The van der Waals surface area contributed by atoms with Gasteiger partial charge >= 0.3 is 0 Å². The van der Waals surface area contributed by atoms with Crippen LogP contribution in [0.2, 0.25) is 0 Å². The molecule has 2 N–H and O–H groups in total. The standard InChI is InChI=1S/C15H24O3/c1-10-6-7-13(18-5)11(8-10)9-12(16)14(17)15(2,3)4/h6-8,12,14,16-17H,9H2,1-5H3. The second kappa shape index (κ2) is 5.72. The van der Waals surface area contributed by atoms with E-state index in [9.17, 15) is 10.2 Å². The van der Waals surface area contributed by atoms with E-state index in [1.807, 2.05) is 45.9 Å². The van der Waals surface area contributed by atoms with Gasteiger partial charge in [0.1, 0.15) is 5.75 Å². The Kier molecular flexibility index (Phi) is 4.77. The number of aryl methyl sites for hydroxylation is 1. The molecule has 0 radical (unpaired) electrons. The first-order chi connectivity index (χ1) is 8.25. The van der Waals surface area contributed by atoms with Crippen molar-refractivity contribution in [1.29, 1.82) is 0 Å². The fourth-order valence-corrected chi connectivity index (χ4v) is 1.98. The first-order valence-corrected chi connectivity index (χ1v) is 6.25. The van der Waals surface area contributed by atoms with E-state index in [0.717, 1.165) is 16.9 Å². The van der Waals surface area contributed by atoms with Crippen molar-refractivity contribution < 1.29 is 14.9 Å². The van der Waals surface area contributed by atoms with Gasteiger partial charge in [0.25, 0.3) is 0 Å². The molecule has 0 saturated carbocycles. The lowest BCUT2D eigenvalue weighted by molar-refractivity contribution is -0.0435. The summed E-state index contributed by atoms with van der Waals surface area (Å²) in [5, 5.41) is 20.2. The number of aliphatic hydroxyl groups excluding tert-OH is 2. The maximum atomic E-state index is 10.1. The highest BCUT2D eigenvalue weighted by Gasteiger charge is 2.29. The van der Waals surface area contributed by atoms with Gasteiger partial charge in [-0.25, -0.2) is 0 Å². The third-order valence-corrected chi connectivity index (χ3v) is 3.12. The van der Waals surface area contributed by atoms with Crippen LogP contribution in [0.25, 0.3) is 0 Å². The molecule has 0 aliphatic heterocycles. The molecule has 1 aromatic rings. The number of benzene rings is 1. The summed E-state index contributed by atoms with van der Waals surface area (Å²) in [5.74, 6) is 0.751. The average Bonchev–Trinajstić information content (AvgIpc) is 2.27. The molecule has 3 heteroatoms. The van der Waals surface area contributed by atoms with Gasteiger partial charge in [-0.1, -0.05) is 38.5 Å². The monoisotopic (exact) mass is 252 g/mol. The van der Waals surface area contributed by atoms with Gasteiger partial charge in [0.2, 0.25) is 0 Å². The summed E-state index contributed by atoms with van der Waals surface area (Å²) >= 11 is 0. The largest absolute Gasteiger partial charge is 0.496 e. The van der Waals surface area contributed by atoms with Crippen LogP contribution in [0.4, 0.5) is 0 Å². The number of ether oxygens (including phenoxy) is 1. The van der Waals surface area contributed by atoms with Gasteiger partial charge in [0.15, 0.2) is 0 Å². The fourth-order valence-electron chi connectivity index (χ4n) is 1.98. The van der Waals surface area contributed by atoms with Crippen LogP contribution in [0.15, 0.2) is 18.2 Å². The van der Waals surface area contributed by atoms with Crippen LogP contribution in [0.3, 0.4) is 0 Å². The molecule has 102 valence electrons. The first-order valence-electron chi connectivity index (χ1n) is 6.25. The summed E-state index contributed by atoms with van der Waals surface area (Å²) in [6.45, 7) is 7.73. The van der Waals surface area contributed by atoms with Crippen LogP contribution in [-0.2, 0) is 6.42 Å². The molecule has 2 atom stereocenters. The minimum atomic E-state index is -0.791. The molecule has 0 aromatic heterocycles. The van der Waals surface area contributed by atoms with Crippen molar-refractivity contribution in [2.75, 3.05) is 7.11 Å². The van der Waals surface area contributed by atoms with Crippen LogP contribution in [-0.4, -0.2) is 29.5 Å². The summed E-state index contributed by atoms with van der Waals surface area (Å²) in [6, 6.07) is 5.84. The van der Waals surface area contributed by atoms with E-state index in [-0.39, 0.29) is 5.41 Å². The van der Waals surface area contributed by atoms with E-state index in [2.05, 4.69) is 0 Å². The van der Waals surface area contributed by atoms with E-state index in [4.69, 9.17) is 4.74 Å². The second-order valence-electron chi connectivity index (χ2n) is 5.90. The van der Waals surface area contributed by atoms with Gasteiger partial charge in [-0.2, -0.15) is 0 Å². The van der Waals surface area contributed by atoms with Gasteiger partial charge < -0.3 is 14.9 Å². The molecule has 0 amide bonds. The lowest BCUT2D eigenvalue weighted by Gasteiger charge is -2.30. The van der Waals surface area contributed by atoms with Gasteiger partial charge in [-0.05, 0) is 24.0 Å². The van der Waals surface area contributed by atoms with Crippen LogP contribution in [0, 0.1) is 12.3 Å². The van der Waals surface area contributed by atoms with Gasteiger partial charge in [-0.15, -0.1) is 0 Å². The quantitative estimate of drug-likeness (QED) is 0.864. The van der Waals surface area contributed by atoms with Crippen molar-refractivity contribution in [3.63, 3.8) is 0 Å². The Labute approximate surface area is 109 Å². The Balaban J connectivity index is 2.87. The third kappa shape index (κ3) is 3.72. The summed E-state index contributed by atoms with van der Waals surface area (Å²) in [4.78, 5) is 0. The van der Waals surface area contributed by atoms with Crippen LogP contribution in [0.1, 0.15) is 31.9 Å². The topological polar surface area (TPSA) is 49.7 Å². The fraction of sp³-hybridized carbons (Fsp3) is 0.600. The van der Waals surface area contributed by atoms with Crippen LogP contribution >= 0.6 is 0 Å². The van der Waals surface area contributed by atoms with Crippen LogP contribution in [0.5, 0.6) is 5.75 Å². The molecule has 3 nitrogen and oxygen atoms in total. The zero-order chi connectivity index (χ0) is 13.9. The zero-order valence-corrected chi connectivity index (χ0v) is 11.9. The lowest BCUT2D eigenvalue weighted by Crippen LogP contribution is -2.38. The molecular weight excluding hydrogens is 228 g/mol. The highest BCUT2D eigenvalue weighted by atomic mass is 16.5. The molecular formula is C15H24O3. The second-order valence-corrected chi connectivity index (χ2v) is 5.90. The molecule has 0 spiro atoms. The molecule has 0 aliphatic carbocycles. The van der Waals surface area contributed by atoms with E-state index in [1.54, 1.807) is 7.11 Å². The molecule has 0 bridgehead atoms. The van der Waals surface area contributed by atoms with Crippen molar-refractivity contribution in [3.05, 3.63) is 29.3 Å². The highest BCUT2D eigenvalue weighted by Crippen LogP contribution is 2.26. The van der Waals surface area contributed by atoms with Gasteiger partial charge in [0, 0.05) is 6.42 Å². The van der Waals surface area contributed by atoms with Gasteiger partial charge in [-0.3, -0.25) is 0 Å². The maximum absolute atomic E-state index is 10.1. The molecule has 0 aliphatic rings. The number of rotatable bonds is 4. The van der Waals surface area contributed by atoms with Crippen molar-refractivity contribution in [2.24, 2.45) is 5.41 Å². The summed E-state index contributed by atoms with van der Waals surface area (Å²) < 4.78 is 5.27. The molecule has 1 rings (SSSR count). The van der Waals surface area contributed by atoms with E-state index in [1.165, 1.54) is 0 Å². The highest BCUT2D eigenvalue weighted by molar-refractivity contribution is 5.37. The van der Waals surface area contributed by atoms with Gasteiger partial charge in [0.05, 0.1) is 19.3 Å². The normalized spacial score (nSPS) is 15.3. The smallest absolute Gasteiger partial charge is 0.122 e. The summed E-state index contributed by atoms with van der Waals surface area (Å²) in [7, 11) is 1.61. The SMILES string of the molecule is COc1ccc(C)cc1CC(O)C(O)C(C)(C)C. The Morgan fingerprint density at radius 1 is 1.22 bits per heavy atom. The molecule has 0 heterocycles. The molecule has 0 saturated heterocycles. The Bertz CT molecular complexity index is 393. The van der Waals surface area contributed by atoms with Crippen LogP contribution < -0.4 is 4.74 Å². The third-order valence-electron chi connectivity index (χ3n) is 3.12. The van der Waals surface area contributed by atoms with E-state index >= 15 is 0 Å². The number of methoxy groups -OCH3 is 1. The molecule has 2 unspecified atom stereocenters. The predicted octanol–water partition coefficient (Wildman–Crippen LogP) is 2.31. The van der Waals surface area contributed by atoms with Crippen molar-refractivity contribution in [3.8, 4) is 5.75 Å². The number of hydrogen-bond donors (Lipinski definition) is 2. The molecule has 1 aromatic carbocycles. The predicted molar refractivity (Wildman–Crippen MR) is 72.9 cm³/mol. The number of aliphatic hydroxyl groups is 2. The first kappa shape index (κ1) is 15.0. The lowest BCUT2D eigenvalue weighted by atomic mass is 9.84. The Hall–Kier alpha value is -1.06. The van der Waals surface area contributed by atoms with Crippen molar-refractivity contribution in [2.45, 2.75) is 46.3 Å². The molecule has 0 fully saturated rings. The minimum Gasteiger partial charge on any atom is -0.496 e. The van der Waals surface area contributed by atoms with E-state index in [0.29, 0.717) is 6.42 Å². The Morgan fingerprint density at radius 2 is 1.83 bits per heavy atom. The maximum Gasteiger partial charge on any atom is 0.122 e. The summed E-state index contributed by atoms with van der Waals surface area (Å²) in [5.41, 5.74) is 1.70. The zero-order valence-electron chi connectivity index (χ0n) is 11.9. The van der Waals surface area contributed by atoms with Crippen molar-refractivity contribution >= 4 is 0 Å². The summed E-state index contributed by atoms with van der Waals surface area (Å²) in [6.07, 6.45) is -1.16. The molecule has 18 heavy (non-hydrogen) atoms. The van der Waals surface area contributed by atoms with Crippen molar-refractivity contribution in [1.82, 2.24) is 0 Å². The van der Waals surface area contributed by atoms with E-state index < -0.39 is 12.2 Å². The minimum absolute atomic E-state index is 0.337. The average molecular weight is 252 g/mol.